The molecule has 2 N–H and O–H groups in total. The number of ether oxygens (including phenoxy) is 1. The van der Waals surface area contributed by atoms with Crippen LogP contribution in [0.4, 0.5) is 0 Å². The van der Waals surface area contributed by atoms with Crippen LogP contribution >= 0.6 is 0 Å². The Balaban J connectivity index is 2.09. The van der Waals surface area contributed by atoms with Crippen molar-refractivity contribution < 1.29 is 4.74 Å². The van der Waals surface area contributed by atoms with Gasteiger partial charge in [0, 0.05) is 25.7 Å². The Labute approximate surface area is 73.9 Å². The summed E-state index contributed by atoms with van der Waals surface area (Å²) in [5, 5.41) is 0. The van der Waals surface area contributed by atoms with Gasteiger partial charge in [0.05, 0.1) is 6.10 Å². The standard InChI is InChI=1S/C9H18N2O/c1-12-8-5-9(7-10)3-2-4-11(9)6-8/h8H,2-7,10H2,1H3/t8-,9-/m1/s1. The summed E-state index contributed by atoms with van der Waals surface area (Å²) < 4.78 is 5.38. The Morgan fingerprint density at radius 1 is 1.67 bits per heavy atom. The fourth-order valence-corrected chi connectivity index (χ4v) is 2.72. The normalized spacial score (nSPS) is 42.0. The average Bonchev–Trinajstić information content (AvgIpc) is 2.58. The Bertz CT molecular complexity index is 174. The van der Waals surface area contributed by atoms with Gasteiger partial charge in [-0.25, -0.2) is 0 Å². The third-order valence-electron chi connectivity index (χ3n) is 3.49. The first kappa shape index (κ1) is 8.48. The summed E-state index contributed by atoms with van der Waals surface area (Å²) in [6, 6.07) is 0. The van der Waals surface area contributed by atoms with Gasteiger partial charge in [0.15, 0.2) is 0 Å². The third-order valence-corrected chi connectivity index (χ3v) is 3.49. The molecule has 70 valence electrons. The van der Waals surface area contributed by atoms with Crippen molar-refractivity contribution in [2.24, 2.45) is 5.73 Å². The van der Waals surface area contributed by atoms with E-state index < -0.39 is 0 Å². The topological polar surface area (TPSA) is 38.5 Å². The number of nitrogens with two attached hydrogens (primary N) is 1. The minimum absolute atomic E-state index is 0.306. The van der Waals surface area contributed by atoms with Crippen LogP contribution in [0.15, 0.2) is 0 Å². The van der Waals surface area contributed by atoms with Gasteiger partial charge in [-0.15, -0.1) is 0 Å². The molecule has 2 aliphatic rings. The molecule has 2 saturated heterocycles. The molecule has 0 aromatic rings. The highest BCUT2D eigenvalue weighted by Crippen LogP contribution is 2.38. The minimum Gasteiger partial charge on any atom is -0.380 e. The van der Waals surface area contributed by atoms with Gasteiger partial charge in [0.2, 0.25) is 0 Å². The molecule has 0 aliphatic carbocycles. The summed E-state index contributed by atoms with van der Waals surface area (Å²) >= 11 is 0. The molecular weight excluding hydrogens is 152 g/mol. The average molecular weight is 170 g/mol. The second-order valence-corrected chi connectivity index (χ2v) is 4.04. The van der Waals surface area contributed by atoms with Crippen molar-refractivity contribution in [1.82, 2.24) is 4.90 Å². The highest BCUT2D eigenvalue weighted by atomic mass is 16.5. The number of fused-ring (bicyclic) bond motifs is 1. The first-order valence-electron chi connectivity index (χ1n) is 4.79. The smallest absolute Gasteiger partial charge is 0.0716 e. The van der Waals surface area contributed by atoms with Crippen molar-refractivity contribution in [1.29, 1.82) is 0 Å². The Hall–Kier alpha value is -0.120. The lowest BCUT2D eigenvalue weighted by atomic mass is 9.94. The van der Waals surface area contributed by atoms with Gasteiger partial charge in [-0.2, -0.15) is 0 Å². The molecule has 2 rings (SSSR count). The van der Waals surface area contributed by atoms with E-state index in [-0.39, 0.29) is 0 Å². The van der Waals surface area contributed by atoms with Crippen LogP contribution in [-0.2, 0) is 4.74 Å². The molecule has 3 nitrogen and oxygen atoms in total. The molecular formula is C9H18N2O. The van der Waals surface area contributed by atoms with Crippen LogP contribution in [0, 0.1) is 0 Å². The van der Waals surface area contributed by atoms with E-state index in [9.17, 15) is 0 Å². The second kappa shape index (κ2) is 2.98. The summed E-state index contributed by atoms with van der Waals surface area (Å²) in [5.41, 5.74) is 6.14. The molecule has 0 unspecified atom stereocenters. The monoisotopic (exact) mass is 170 g/mol. The molecule has 12 heavy (non-hydrogen) atoms. The fraction of sp³-hybridized carbons (Fsp3) is 1.00. The number of hydrogen-bond donors (Lipinski definition) is 1. The number of hydrogen-bond acceptors (Lipinski definition) is 3. The van der Waals surface area contributed by atoms with Gasteiger partial charge in [-0.3, -0.25) is 4.90 Å². The van der Waals surface area contributed by atoms with E-state index in [1.165, 1.54) is 19.4 Å². The van der Waals surface area contributed by atoms with E-state index in [2.05, 4.69) is 4.90 Å². The van der Waals surface area contributed by atoms with Gasteiger partial charge < -0.3 is 10.5 Å². The highest BCUT2D eigenvalue weighted by molar-refractivity contribution is 5.04. The first-order chi connectivity index (χ1) is 5.80. The molecule has 2 fully saturated rings. The summed E-state index contributed by atoms with van der Waals surface area (Å²) in [6.07, 6.45) is 4.14. The highest BCUT2D eigenvalue weighted by Gasteiger charge is 2.47. The largest absolute Gasteiger partial charge is 0.380 e. The maximum atomic E-state index is 5.83. The molecule has 2 atom stereocenters. The third kappa shape index (κ3) is 1.08. The molecule has 2 heterocycles. The maximum absolute atomic E-state index is 5.83. The molecule has 0 amide bonds. The maximum Gasteiger partial charge on any atom is 0.0716 e. The molecule has 0 aromatic carbocycles. The minimum atomic E-state index is 0.306. The van der Waals surface area contributed by atoms with Crippen LogP contribution in [0.5, 0.6) is 0 Å². The van der Waals surface area contributed by atoms with Crippen LogP contribution in [0.3, 0.4) is 0 Å². The SMILES string of the molecule is CO[C@H]1CN2CCC[C@]2(CN)C1. The molecule has 0 aromatic heterocycles. The summed E-state index contributed by atoms with van der Waals surface area (Å²) in [4.78, 5) is 2.52. The zero-order valence-electron chi connectivity index (χ0n) is 7.75. The molecule has 0 saturated carbocycles. The molecule has 0 radical (unpaired) electrons. The van der Waals surface area contributed by atoms with Crippen molar-refractivity contribution in [3.05, 3.63) is 0 Å². The van der Waals surface area contributed by atoms with Crippen LogP contribution in [0.25, 0.3) is 0 Å². The summed E-state index contributed by atoms with van der Waals surface area (Å²) in [7, 11) is 1.80. The van der Waals surface area contributed by atoms with E-state index in [0.717, 1.165) is 19.5 Å². The van der Waals surface area contributed by atoms with Crippen LogP contribution in [-0.4, -0.2) is 43.3 Å². The van der Waals surface area contributed by atoms with Crippen molar-refractivity contribution in [3.8, 4) is 0 Å². The Morgan fingerprint density at radius 3 is 3.08 bits per heavy atom. The van der Waals surface area contributed by atoms with Gasteiger partial charge in [0.1, 0.15) is 0 Å². The molecule has 0 spiro atoms. The predicted molar refractivity (Wildman–Crippen MR) is 48.0 cm³/mol. The summed E-state index contributed by atoms with van der Waals surface area (Å²) in [5.74, 6) is 0. The van der Waals surface area contributed by atoms with Crippen LogP contribution < -0.4 is 5.73 Å². The van der Waals surface area contributed by atoms with E-state index >= 15 is 0 Å². The summed E-state index contributed by atoms with van der Waals surface area (Å²) in [6.45, 7) is 3.11. The lowest BCUT2D eigenvalue weighted by Gasteiger charge is -2.29. The van der Waals surface area contributed by atoms with Gasteiger partial charge in [-0.05, 0) is 25.8 Å². The first-order valence-corrected chi connectivity index (χ1v) is 4.79. The number of methoxy groups -OCH3 is 1. The van der Waals surface area contributed by atoms with Gasteiger partial charge in [-0.1, -0.05) is 0 Å². The van der Waals surface area contributed by atoms with E-state index in [0.29, 0.717) is 11.6 Å². The van der Waals surface area contributed by atoms with E-state index in [1.807, 2.05) is 0 Å². The van der Waals surface area contributed by atoms with Crippen molar-refractivity contribution in [3.63, 3.8) is 0 Å². The second-order valence-electron chi connectivity index (χ2n) is 4.04. The molecule has 2 aliphatic heterocycles. The Kier molecular flexibility index (Phi) is 2.10. The zero-order valence-corrected chi connectivity index (χ0v) is 7.75. The predicted octanol–water partition coefficient (Wildman–Crippen LogP) is 0.198. The lowest BCUT2D eigenvalue weighted by molar-refractivity contribution is 0.107. The van der Waals surface area contributed by atoms with Crippen LogP contribution in [0.1, 0.15) is 19.3 Å². The zero-order chi connectivity index (χ0) is 8.60. The van der Waals surface area contributed by atoms with E-state index in [4.69, 9.17) is 10.5 Å². The fourth-order valence-electron chi connectivity index (χ4n) is 2.72. The van der Waals surface area contributed by atoms with Gasteiger partial charge in [0.25, 0.3) is 0 Å². The molecule has 3 heteroatoms. The van der Waals surface area contributed by atoms with E-state index in [1.54, 1.807) is 7.11 Å². The quantitative estimate of drug-likeness (QED) is 0.643. The van der Waals surface area contributed by atoms with Crippen molar-refractivity contribution in [2.45, 2.75) is 30.9 Å². The number of rotatable bonds is 2. The van der Waals surface area contributed by atoms with Gasteiger partial charge >= 0.3 is 0 Å². The molecule has 0 bridgehead atoms. The lowest BCUT2D eigenvalue weighted by Crippen LogP contribution is -2.44. The van der Waals surface area contributed by atoms with Crippen molar-refractivity contribution in [2.75, 3.05) is 26.7 Å². The van der Waals surface area contributed by atoms with Crippen molar-refractivity contribution >= 4 is 0 Å². The van der Waals surface area contributed by atoms with Crippen LogP contribution in [0.2, 0.25) is 0 Å². The Morgan fingerprint density at radius 2 is 2.50 bits per heavy atom. The number of nitrogens with zero attached hydrogens (tertiary/aromatic N) is 1.